The van der Waals surface area contributed by atoms with Gasteiger partial charge in [0.05, 0.1) is 6.10 Å². The summed E-state index contributed by atoms with van der Waals surface area (Å²) in [5, 5.41) is 26.9. The Kier molecular flexibility index (Phi) is 2.72. The zero-order valence-electron chi connectivity index (χ0n) is 7.16. The van der Waals surface area contributed by atoms with Gasteiger partial charge in [-0.2, -0.15) is 0 Å². The highest BCUT2D eigenvalue weighted by Crippen LogP contribution is 2.29. The van der Waals surface area contributed by atoms with Gasteiger partial charge in [0.2, 0.25) is 0 Å². The molecule has 0 aromatic heterocycles. The molecule has 1 atom stereocenters. The molecular weight excluding hydrogens is 175 g/mol. The molecule has 0 saturated carbocycles. The van der Waals surface area contributed by atoms with E-state index in [4.69, 9.17) is 15.3 Å². The minimum absolute atomic E-state index is 0.241. The van der Waals surface area contributed by atoms with E-state index in [9.17, 15) is 4.39 Å². The maximum atomic E-state index is 12.8. The minimum atomic E-state index is -0.879. The first-order chi connectivity index (χ1) is 6.00. The largest absolute Gasteiger partial charge is 0.504 e. The highest BCUT2D eigenvalue weighted by molar-refractivity contribution is 5.42. The average molecular weight is 186 g/mol. The summed E-state index contributed by atoms with van der Waals surface area (Å²) in [4.78, 5) is 0. The highest BCUT2D eigenvalue weighted by Gasteiger charge is 2.09. The molecule has 1 unspecified atom stereocenters. The van der Waals surface area contributed by atoms with Gasteiger partial charge in [0, 0.05) is 0 Å². The van der Waals surface area contributed by atoms with E-state index < -0.39 is 23.4 Å². The lowest BCUT2D eigenvalue weighted by Gasteiger charge is -2.06. The van der Waals surface area contributed by atoms with Crippen molar-refractivity contribution in [3.63, 3.8) is 0 Å². The SMILES string of the molecule is CC(O)Cc1cc(O)c(O)c(F)c1. The van der Waals surface area contributed by atoms with Gasteiger partial charge in [0.25, 0.3) is 0 Å². The van der Waals surface area contributed by atoms with Gasteiger partial charge >= 0.3 is 0 Å². The molecule has 1 aromatic rings. The molecule has 3 N–H and O–H groups in total. The van der Waals surface area contributed by atoms with Crippen molar-refractivity contribution in [1.82, 2.24) is 0 Å². The molecule has 0 spiro atoms. The van der Waals surface area contributed by atoms with E-state index in [-0.39, 0.29) is 6.42 Å². The maximum absolute atomic E-state index is 12.8. The summed E-state index contributed by atoms with van der Waals surface area (Å²) >= 11 is 0. The molecule has 0 fully saturated rings. The standard InChI is InChI=1S/C9H11FO3/c1-5(11)2-6-3-7(10)9(13)8(12)4-6/h3-5,11-13H,2H2,1H3. The molecule has 1 rings (SSSR count). The number of benzene rings is 1. The van der Waals surface area contributed by atoms with Gasteiger partial charge in [-0.1, -0.05) is 0 Å². The third-order valence-corrected chi connectivity index (χ3v) is 1.63. The Morgan fingerprint density at radius 3 is 2.46 bits per heavy atom. The van der Waals surface area contributed by atoms with Gasteiger partial charge in [-0.25, -0.2) is 4.39 Å². The lowest BCUT2D eigenvalue weighted by atomic mass is 10.1. The van der Waals surface area contributed by atoms with Crippen LogP contribution in [0.4, 0.5) is 4.39 Å². The fourth-order valence-electron chi connectivity index (χ4n) is 1.10. The summed E-state index contributed by atoms with van der Waals surface area (Å²) in [6, 6.07) is 2.31. The van der Waals surface area contributed by atoms with Crippen LogP contribution in [0.15, 0.2) is 12.1 Å². The van der Waals surface area contributed by atoms with Gasteiger partial charge in [0.15, 0.2) is 17.3 Å². The second kappa shape index (κ2) is 3.62. The van der Waals surface area contributed by atoms with E-state index in [0.29, 0.717) is 5.56 Å². The van der Waals surface area contributed by atoms with Crippen molar-refractivity contribution in [3.8, 4) is 11.5 Å². The number of aliphatic hydroxyl groups excluding tert-OH is 1. The van der Waals surface area contributed by atoms with Crippen LogP contribution in [0.1, 0.15) is 12.5 Å². The van der Waals surface area contributed by atoms with Crippen molar-refractivity contribution in [2.75, 3.05) is 0 Å². The predicted molar refractivity (Wildman–Crippen MR) is 45.1 cm³/mol. The zero-order valence-corrected chi connectivity index (χ0v) is 7.16. The molecular formula is C9H11FO3. The van der Waals surface area contributed by atoms with E-state index in [0.717, 1.165) is 6.07 Å². The minimum Gasteiger partial charge on any atom is -0.504 e. The van der Waals surface area contributed by atoms with Crippen molar-refractivity contribution >= 4 is 0 Å². The summed E-state index contributed by atoms with van der Waals surface area (Å²) in [5.41, 5.74) is 0.447. The van der Waals surface area contributed by atoms with Crippen molar-refractivity contribution < 1.29 is 19.7 Å². The van der Waals surface area contributed by atoms with Gasteiger partial charge < -0.3 is 15.3 Å². The molecule has 1 aromatic carbocycles. The monoisotopic (exact) mass is 186 g/mol. The van der Waals surface area contributed by atoms with Crippen LogP contribution in [-0.4, -0.2) is 21.4 Å². The first-order valence-corrected chi connectivity index (χ1v) is 3.89. The first-order valence-electron chi connectivity index (χ1n) is 3.89. The highest BCUT2D eigenvalue weighted by atomic mass is 19.1. The van der Waals surface area contributed by atoms with Crippen LogP contribution in [-0.2, 0) is 6.42 Å². The number of hydrogen-bond acceptors (Lipinski definition) is 3. The van der Waals surface area contributed by atoms with Crippen molar-refractivity contribution in [2.24, 2.45) is 0 Å². The Balaban J connectivity index is 2.99. The summed E-state index contributed by atoms with van der Waals surface area (Å²) in [6.07, 6.45) is -0.367. The fraction of sp³-hybridized carbons (Fsp3) is 0.333. The molecule has 0 saturated heterocycles. The Labute approximate surface area is 75.1 Å². The van der Waals surface area contributed by atoms with Gasteiger partial charge in [-0.3, -0.25) is 0 Å². The van der Waals surface area contributed by atoms with E-state index in [1.54, 1.807) is 6.92 Å². The molecule has 0 aliphatic rings. The van der Waals surface area contributed by atoms with E-state index in [2.05, 4.69) is 0 Å². The number of phenolic OH excluding ortho intramolecular Hbond substituents is 2. The Morgan fingerprint density at radius 2 is 2.00 bits per heavy atom. The second-order valence-corrected chi connectivity index (χ2v) is 3.00. The fourth-order valence-corrected chi connectivity index (χ4v) is 1.10. The van der Waals surface area contributed by atoms with Crippen molar-refractivity contribution in [2.45, 2.75) is 19.4 Å². The van der Waals surface area contributed by atoms with Crippen LogP contribution in [0.3, 0.4) is 0 Å². The molecule has 0 amide bonds. The summed E-state index contributed by atoms with van der Waals surface area (Å²) in [7, 11) is 0. The summed E-state index contributed by atoms with van der Waals surface area (Å²) in [6.45, 7) is 1.56. The van der Waals surface area contributed by atoms with E-state index >= 15 is 0 Å². The number of aromatic hydroxyl groups is 2. The summed E-state index contributed by atoms with van der Waals surface area (Å²) < 4.78 is 12.8. The lowest BCUT2D eigenvalue weighted by Crippen LogP contribution is -2.04. The van der Waals surface area contributed by atoms with Crippen LogP contribution >= 0.6 is 0 Å². The molecule has 0 aliphatic carbocycles. The molecule has 4 heteroatoms. The van der Waals surface area contributed by atoms with Gasteiger partial charge in [-0.05, 0) is 31.0 Å². The number of rotatable bonds is 2. The topological polar surface area (TPSA) is 60.7 Å². The lowest BCUT2D eigenvalue weighted by molar-refractivity contribution is 0.195. The van der Waals surface area contributed by atoms with Crippen molar-refractivity contribution in [3.05, 3.63) is 23.5 Å². The second-order valence-electron chi connectivity index (χ2n) is 3.00. The van der Waals surface area contributed by atoms with E-state index in [1.807, 2.05) is 0 Å². The first kappa shape index (κ1) is 9.80. The maximum Gasteiger partial charge on any atom is 0.194 e. The van der Waals surface area contributed by atoms with Gasteiger partial charge in [0.1, 0.15) is 0 Å². The van der Waals surface area contributed by atoms with Gasteiger partial charge in [-0.15, -0.1) is 0 Å². The van der Waals surface area contributed by atoms with Crippen LogP contribution in [0.5, 0.6) is 11.5 Å². The average Bonchev–Trinajstić information content (AvgIpc) is 1.98. The molecule has 0 bridgehead atoms. The number of aliphatic hydroxyl groups is 1. The smallest absolute Gasteiger partial charge is 0.194 e. The van der Waals surface area contributed by atoms with Crippen LogP contribution in [0.25, 0.3) is 0 Å². The number of phenols is 2. The molecule has 13 heavy (non-hydrogen) atoms. The third-order valence-electron chi connectivity index (χ3n) is 1.63. The zero-order chi connectivity index (χ0) is 10.0. The Morgan fingerprint density at radius 1 is 1.38 bits per heavy atom. The van der Waals surface area contributed by atoms with Crippen LogP contribution in [0.2, 0.25) is 0 Å². The number of hydrogen-bond donors (Lipinski definition) is 3. The Hall–Kier alpha value is -1.29. The molecule has 72 valence electrons. The van der Waals surface area contributed by atoms with Crippen LogP contribution in [0, 0.1) is 5.82 Å². The van der Waals surface area contributed by atoms with Crippen molar-refractivity contribution in [1.29, 1.82) is 0 Å². The molecule has 0 radical (unpaired) electrons. The quantitative estimate of drug-likeness (QED) is 0.607. The molecule has 0 heterocycles. The van der Waals surface area contributed by atoms with Crippen LogP contribution < -0.4 is 0 Å². The third kappa shape index (κ3) is 2.32. The van der Waals surface area contributed by atoms with E-state index in [1.165, 1.54) is 6.07 Å². The molecule has 3 nitrogen and oxygen atoms in total. The number of halogens is 1. The summed E-state index contributed by atoms with van der Waals surface area (Å²) in [5.74, 6) is -2.14. The molecule has 0 aliphatic heterocycles. The predicted octanol–water partition coefficient (Wildman–Crippen LogP) is 1.16. The normalized spacial score (nSPS) is 12.8. The Bertz CT molecular complexity index is 287.